The Hall–Kier alpha value is -6.96. The maximum Gasteiger partial charge on any atom is 0.421 e. The van der Waals surface area contributed by atoms with Crippen LogP contribution in [0, 0.1) is 0 Å². The lowest BCUT2D eigenvalue weighted by atomic mass is 9.82. The average molecular weight is 767 g/mol. The molecule has 0 saturated heterocycles. The number of aryl methyl sites for hydroxylation is 4. The molecule has 6 aromatic rings. The SMILES string of the molecule is C.Cn1cc[n+](C)c1N=Nc1ccc(NCCCNc2cccc3c2C(=O)c2c(NCCCNc4ccc(N=Nc5n(C)cc[n+]5C)cc4)cccc2C3=O)cc1. The molecule has 14 heteroatoms. The Labute approximate surface area is 333 Å². The number of carbonyl (C=O) groups excluding carboxylic acids is 2. The molecule has 57 heavy (non-hydrogen) atoms. The topological polar surface area (TPSA) is 149 Å². The average Bonchev–Trinajstić information content (AvgIpc) is 3.72. The first-order chi connectivity index (χ1) is 27.3. The summed E-state index contributed by atoms with van der Waals surface area (Å²) in [7, 11) is 7.72. The molecule has 2 heterocycles. The van der Waals surface area contributed by atoms with Crippen molar-refractivity contribution in [1.82, 2.24) is 9.13 Å². The number of hydrogen-bond acceptors (Lipinski definition) is 10. The molecule has 0 fully saturated rings. The molecular weight excluding hydrogens is 717 g/mol. The van der Waals surface area contributed by atoms with Gasteiger partial charge in [-0.05, 0) is 73.5 Å². The summed E-state index contributed by atoms with van der Waals surface area (Å²) in [6.45, 7) is 2.66. The minimum Gasteiger partial charge on any atom is -0.385 e. The number of anilines is 4. The van der Waals surface area contributed by atoms with Gasteiger partial charge in [0.1, 0.15) is 11.4 Å². The van der Waals surface area contributed by atoms with Crippen LogP contribution in [0.2, 0.25) is 0 Å². The van der Waals surface area contributed by atoms with Gasteiger partial charge >= 0.3 is 11.9 Å². The van der Waals surface area contributed by atoms with Crippen LogP contribution in [0.1, 0.15) is 52.1 Å². The first-order valence-corrected chi connectivity index (χ1v) is 18.6. The summed E-state index contributed by atoms with van der Waals surface area (Å²) in [5, 5.41) is 31.1. The van der Waals surface area contributed by atoms with Gasteiger partial charge in [0, 0.05) is 70.3 Å². The van der Waals surface area contributed by atoms with Crippen LogP contribution in [0.4, 0.5) is 46.0 Å². The molecule has 4 aromatic carbocycles. The summed E-state index contributed by atoms with van der Waals surface area (Å²) in [5.74, 6) is 1.20. The highest BCUT2D eigenvalue weighted by atomic mass is 16.1. The van der Waals surface area contributed by atoms with Gasteiger partial charge in [-0.1, -0.05) is 41.9 Å². The molecule has 2 aromatic heterocycles. The van der Waals surface area contributed by atoms with Crippen LogP contribution in [-0.4, -0.2) is 46.9 Å². The number of nitrogens with zero attached hydrogens (tertiary/aromatic N) is 8. The first kappa shape index (κ1) is 39.7. The Bertz CT molecular complexity index is 2210. The lowest BCUT2D eigenvalue weighted by Gasteiger charge is -2.23. The molecule has 1 aliphatic rings. The van der Waals surface area contributed by atoms with Crippen molar-refractivity contribution in [1.29, 1.82) is 0 Å². The van der Waals surface area contributed by atoms with Gasteiger partial charge in [0.25, 0.3) is 0 Å². The standard InChI is InChI=1S/C42H44N12O2.CH4/c1-51-25-26-52(2)41(51)49-47-31-17-13-29(14-18-31)43-21-7-23-45-35-11-5-9-33-37(35)40(56)38-34(39(33)55)10-6-12-36(38)46-24-8-22-44-30-15-19-32(20-16-30)48-50-42-53(3)27-28-54(42)4;/h5-6,9-20,25-28H,7-8,21-24H2,1-4H3,(H2,45,46,56);1H4/p+2. The van der Waals surface area contributed by atoms with E-state index in [1.54, 1.807) is 12.1 Å². The molecular formula is C43H50N12O2+2. The van der Waals surface area contributed by atoms with Crippen LogP contribution in [0.5, 0.6) is 0 Å². The number of fused-ring (bicyclic) bond motifs is 2. The lowest BCUT2D eigenvalue weighted by Crippen LogP contribution is -2.25. The van der Waals surface area contributed by atoms with E-state index in [-0.39, 0.29) is 19.0 Å². The van der Waals surface area contributed by atoms with E-state index in [2.05, 4.69) is 41.7 Å². The van der Waals surface area contributed by atoms with Gasteiger partial charge in [-0.25, -0.2) is 18.3 Å². The fraction of sp³-hybridized carbons (Fsp3) is 0.256. The fourth-order valence-electron chi connectivity index (χ4n) is 6.57. The summed E-state index contributed by atoms with van der Waals surface area (Å²) in [4.78, 5) is 27.8. The number of benzene rings is 4. The van der Waals surface area contributed by atoms with Gasteiger partial charge in [-0.3, -0.25) is 9.59 Å². The molecule has 0 amide bonds. The quantitative estimate of drug-likeness (QED) is 0.0444. The molecule has 292 valence electrons. The van der Waals surface area contributed by atoms with E-state index in [4.69, 9.17) is 0 Å². The largest absolute Gasteiger partial charge is 0.421 e. The monoisotopic (exact) mass is 766 g/mol. The van der Waals surface area contributed by atoms with Crippen molar-refractivity contribution in [2.24, 2.45) is 48.6 Å². The minimum atomic E-state index is -0.159. The number of aromatic nitrogens is 4. The number of ketones is 2. The van der Waals surface area contributed by atoms with E-state index < -0.39 is 0 Å². The van der Waals surface area contributed by atoms with Crippen molar-refractivity contribution in [2.45, 2.75) is 20.3 Å². The Balaban J connectivity index is 0.00000549. The zero-order valence-corrected chi connectivity index (χ0v) is 32.0. The van der Waals surface area contributed by atoms with Gasteiger partial charge in [-0.15, -0.1) is 0 Å². The van der Waals surface area contributed by atoms with Crippen molar-refractivity contribution < 1.29 is 18.7 Å². The van der Waals surface area contributed by atoms with Crippen LogP contribution in [0.25, 0.3) is 0 Å². The van der Waals surface area contributed by atoms with Crippen molar-refractivity contribution in [3.8, 4) is 0 Å². The van der Waals surface area contributed by atoms with Crippen LogP contribution in [0.3, 0.4) is 0 Å². The second-order valence-electron chi connectivity index (χ2n) is 13.7. The number of nitrogens with one attached hydrogen (secondary N) is 4. The van der Waals surface area contributed by atoms with Gasteiger partial charge < -0.3 is 21.3 Å². The van der Waals surface area contributed by atoms with Gasteiger partial charge in [0.15, 0.2) is 11.6 Å². The molecule has 0 spiro atoms. The third-order valence-corrected chi connectivity index (χ3v) is 9.60. The number of carbonyl (C=O) groups is 2. The summed E-state index contributed by atoms with van der Waals surface area (Å²) in [6.07, 6.45) is 9.30. The lowest BCUT2D eigenvalue weighted by molar-refractivity contribution is -0.657. The molecule has 0 atom stereocenters. The summed E-state index contributed by atoms with van der Waals surface area (Å²) >= 11 is 0. The van der Waals surface area contributed by atoms with Gasteiger partial charge in [0.05, 0.1) is 64.1 Å². The summed E-state index contributed by atoms with van der Waals surface area (Å²) in [6, 6.07) is 26.4. The predicted octanol–water partition coefficient (Wildman–Crippen LogP) is 8.08. The van der Waals surface area contributed by atoms with E-state index in [1.165, 1.54) is 0 Å². The minimum absolute atomic E-state index is 0. The molecule has 4 N–H and O–H groups in total. The summed E-state index contributed by atoms with van der Waals surface area (Å²) in [5.41, 5.74) is 6.49. The van der Waals surface area contributed by atoms with Crippen LogP contribution in [0.15, 0.2) is 130 Å². The Morgan fingerprint density at radius 2 is 0.930 bits per heavy atom. The Morgan fingerprint density at radius 3 is 1.32 bits per heavy atom. The van der Waals surface area contributed by atoms with Crippen LogP contribution in [-0.2, 0) is 28.2 Å². The predicted molar refractivity (Wildman–Crippen MR) is 224 cm³/mol. The third kappa shape index (κ3) is 9.13. The van der Waals surface area contributed by atoms with E-state index in [1.807, 2.05) is 144 Å². The number of imidazole rings is 2. The van der Waals surface area contributed by atoms with E-state index in [9.17, 15) is 9.59 Å². The normalized spacial score (nSPS) is 12.1. The molecule has 0 bridgehead atoms. The summed E-state index contributed by atoms with van der Waals surface area (Å²) < 4.78 is 7.64. The molecule has 0 unspecified atom stereocenters. The molecule has 7 rings (SSSR count). The van der Waals surface area contributed by atoms with Crippen LogP contribution >= 0.6 is 0 Å². The molecule has 14 nitrogen and oxygen atoms in total. The number of rotatable bonds is 16. The highest BCUT2D eigenvalue weighted by Gasteiger charge is 2.33. The van der Waals surface area contributed by atoms with Crippen molar-refractivity contribution in [3.05, 3.63) is 132 Å². The van der Waals surface area contributed by atoms with Gasteiger partial charge in [0.2, 0.25) is 0 Å². The third-order valence-electron chi connectivity index (χ3n) is 9.60. The van der Waals surface area contributed by atoms with Gasteiger partial charge in [-0.2, -0.15) is 0 Å². The van der Waals surface area contributed by atoms with Crippen LogP contribution < -0.4 is 30.4 Å². The smallest absolute Gasteiger partial charge is 0.385 e. The molecule has 1 aliphatic carbocycles. The number of azo groups is 2. The molecule has 0 aliphatic heterocycles. The van der Waals surface area contributed by atoms with Crippen molar-refractivity contribution in [2.75, 3.05) is 47.4 Å². The fourth-order valence-corrected chi connectivity index (χ4v) is 6.57. The van der Waals surface area contributed by atoms with Crippen molar-refractivity contribution in [3.63, 3.8) is 0 Å². The number of hydrogen-bond donors (Lipinski definition) is 4. The van der Waals surface area contributed by atoms with Crippen molar-refractivity contribution >= 4 is 57.6 Å². The Morgan fingerprint density at radius 1 is 0.526 bits per heavy atom. The maximum absolute atomic E-state index is 14.1. The molecule has 0 saturated carbocycles. The van der Waals surface area contributed by atoms with E-state index in [0.29, 0.717) is 59.8 Å². The first-order valence-electron chi connectivity index (χ1n) is 18.6. The Kier molecular flexibility index (Phi) is 12.6. The maximum atomic E-state index is 14.1. The van der Waals surface area contributed by atoms with E-state index >= 15 is 0 Å². The highest BCUT2D eigenvalue weighted by molar-refractivity contribution is 6.31. The highest BCUT2D eigenvalue weighted by Crippen LogP contribution is 2.35. The zero-order valence-electron chi connectivity index (χ0n) is 32.0. The second kappa shape index (κ2) is 18.1. The van der Waals surface area contributed by atoms with E-state index in [0.717, 1.165) is 47.5 Å². The zero-order chi connectivity index (χ0) is 39.0. The second-order valence-corrected chi connectivity index (χ2v) is 13.7. The molecule has 0 radical (unpaired) electrons.